The normalized spacial score (nSPS) is 16.5. The fourth-order valence-corrected chi connectivity index (χ4v) is 3.80. The highest BCUT2D eigenvalue weighted by molar-refractivity contribution is 5.98. The highest BCUT2D eigenvalue weighted by Crippen LogP contribution is 2.22. The number of aromatic amines is 1. The van der Waals surface area contributed by atoms with Crippen LogP contribution in [0.1, 0.15) is 29.0 Å². The molecule has 0 saturated carbocycles. The van der Waals surface area contributed by atoms with Crippen molar-refractivity contribution in [1.82, 2.24) is 30.0 Å². The second kappa shape index (κ2) is 6.92. The van der Waals surface area contributed by atoms with E-state index in [9.17, 15) is 4.79 Å². The molecule has 4 aromatic rings. The number of carbonyl (C=O) groups is 1. The standard InChI is InChI=1S/C21H20N6O/c28-21(15-3-5-18-14(12-15)7-10-23-18)24-17-4-6-19-25-26-20(27(19)11-8-17)16-2-1-9-22-13-16/h1-3,5,7,9-10,12-13,17,23H,4,6,8,11H2,(H,24,28). The Morgan fingerprint density at radius 3 is 3.04 bits per heavy atom. The quantitative estimate of drug-likeness (QED) is 0.579. The van der Waals surface area contributed by atoms with Gasteiger partial charge in [-0.25, -0.2) is 0 Å². The van der Waals surface area contributed by atoms with Crippen LogP contribution in [0.25, 0.3) is 22.3 Å². The summed E-state index contributed by atoms with van der Waals surface area (Å²) in [6.07, 6.45) is 7.92. The number of benzene rings is 1. The molecule has 1 unspecified atom stereocenters. The highest BCUT2D eigenvalue weighted by atomic mass is 16.1. The van der Waals surface area contributed by atoms with Gasteiger partial charge in [0.25, 0.3) is 5.91 Å². The number of aryl methyl sites for hydroxylation is 1. The lowest BCUT2D eigenvalue weighted by Crippen LogP contribution is -2.35. The Bertz CT molecular complexity index is 1130. The number of nitrogens with one attached hydrogen (secondary N) is 2. The first-order valence-electron chi connectivity index (χ1n) is 9.48. The zero-order chi connectivity index (χ0) is 18.9. The highest BCUT2D eigenvalue weighted by Gasteiger charge is 2.22. The summed E-state index contributed by atoms with van der Waals surface area (Å²) in [7, 11) is 0. The summed E-state index contributed by atoms with van der Waals surface area (Å²) < 4.78 is 2.15. The number of pyridine rings is 1. The summed E-state index contributed by atoms with van der Waals surface area (Å²) in [4.78, 5) is 20.1. The third-order valence-electron chi connectivity index (χ3n) is 5.32. The molecular weight excluding hydrogens is 352 g/mol. The summed E-state index contributed by atoms with van der Waals surface area (Å²) >= 11 is 0. The number of nitrogens with zero attached hydrogens (tertiary/aromatic N) is 4. The lowest BCUT2D eigenvalue weighted by molar-refractivity contribution is 0.0933. The fourth-order valence-electron chi connectivity index (χ4n) is 3.80. The zero-order valence-corrected chi connectivity index (χ0v) is 15.3. The van der Waals surface area contributed by atoms with Gasteiger partial charge in [0.2, 0.25) is 0 Å². The molecule has 28 heavy (non-hydrogen) atoms. The molecule has 0 saturated heterocycles. The Hall–Kier alpha value is -3.48. The average molecular weight is 372 g/mol. The van der Waals surface area contributed by atoms with Gasteiger partial charge in [-0.05, 0) is 49.2 Å². The molecule has 0 spiro atoms. The van der Waals surface area contributed by atoms with Crippen molar-refractivity contribution in [3.05, 3.63) is 66.4 Å². The van der Waals surface area contributed by atoms with Gasteiger partial charge < -0.3 is 14.9 Å². The van der Waals surface area contributed by atoms with E-state index in [0.29, 0.717) is 5.56 Å². The van der Waals surface area contributed by atoms with E-state index in [2.05, 4.69) is 30.0 Å². The molecule has 1 atom stereocenters. The van der Waals surface area contributed by atoms with E-state index in [-0.39, 0.29) is 11.9 Å². The SMILES string of the molecule is O=C(NC1CCc2nnc(-c3cccnc3)n2CC1)c1ccc2[nH]ccc2c1. The van der Waals surface area contributed by atoms with Gasteiger partial charge in [-0.15, -0.1) is 10.2 Å². The van der Waals surface area contributed by atoms with E-state index in [0.717, 1.165) is 53.9 Å². The Morgan fingerprint density at radius 2 is 2.14 bits per heavy atom. The van der Waals surface area contributed by atoms with Crippen LogP contribution < -0.4 is 5.32 Å². The second-order valence-corrected chi connectivity index (χ2v) is 7.11. The number of rotatable bonds is 3. The predicted molar refractivity (Wildman–Crippen MR) is 106 cm³/mol. The maximum Gasteiger partial charge on any atom is 0.251 e. The van der Waals surface area contributed by atoms with Gasteiger partial charge in [0.15, 0.2) is 5.82 Å². The summed E-state index contributed by atoms with van der Waals surface area (Å²) in [5.41, 5.74) is 2.68. The van der Waals surface area contributed by atoms with Crippen molar-refractivity contribution in [1.29, 1.82) is 0 Å². The van der Waals surface area contributed by atoms with E-state index in [1.54, 1.807) is 12.4 Å². The maximum absolute atomic E-state index is 12.7. The van der Waals surface area contributed by atoms with Crippen LogP contribution in [0.4, 0.5) is 0 Å². The molecular formula is C21H20N6O. The predicted octanol–water partition coefficient (Wildman–Crippen LogP) is 2.96. The molecule has 0 fully saturated rings. The van der Waals surface area contributed by atoms with E-state index in [4.69, 9.17) is 0 Å². The van der Waals surface area contributed by atoms with Gasteiger partial charge >= 0.3 is 0 Å². The van der Waals surface area contributed by atoms with Crippen molar-refractivity contribution in [2.75, 3.05) is 0 Å². The number of H-pyrrole nitrogens is 1. The minimum absolute atomic E-state index is 0.0294. The van der Waals surface area contributed by atoms with E-state index in [1.165, 1.54) is 0 Å². The van der Waals surface area contributed by atoms with Crippen molar-refractivity contribution in [3.63, 3.8) is 0 Å². The van der Waals surface area contributed by atoms with Crippen molar-refractivity contribution in [2.24, 2.45) is 0 Å². The molecule has 140 valence electrons. The number of amides is 1. The van der Waals surface area contributed by atoms with Gasteiger partial charge in [-0.2, -0.15) is 0 Å². The third-order valence-corrected chi connectivity index (χ3v) is 5.32. The van der Waals surface area contributed by atoms with Crippen LogP contribution in [0.2, 0.25) is 0 Å². The van der Waals surface area contributed by atoms with Crippen molar-refractivity contribution in [3.8, 4) is 11.4 Å². The van der Waals surface area contributed by atoms with Crippen LogP contribution in [0, 0.1) is 0 Å². The molecule has 0 bridgehead atoms. The van der Waals surface area contributed by atoms with Gasteiger partial charge in [0.05, 0.1) is 0 Å². The molecule has 5 rings (SSSR count). The smallest absolute Gasteiger partial charge is 0.251 e. The molecule has 4 heterocycles. The molecule has 1 aromatic carbocycles. The first kappa shape index (κ1) is 16.7. The molecule has 7 nitrogen and oxygen atoms in total. The van der Waals surface area contributed by atoms with Crippen molar-refractivity contribution < 1.29 is 4.79 Å². The van der Waals surface area contributed by atoms with E-state index < -0.39 is 0 Å². The van der Waals surface area contributed by atoms with Crippen molar-refractivity contribution in [2.45, 2.75) is 31.8 Å². The van der Waals surface area contributed by atoms with E-state index >= 15 is 0 Å². The number of hydrogen-bond acceptors (Lipinski definition) is 4. The number of fused-ring (bicyclic) bond motifs is 2. The first-order chi connectivity index (χ1) is 13.8. The van der Waals surface area contributed by atoms with Crippen LogP contribution in [-0.2, 0) is 13.0 Å². The van der Waals surface area contributed by atoms with Crippen LogP contribution in [0.3, 0.4) is 0 Å². The van der Waals surface area contributed by atoms with Gasteiger partial charge in [0, 0.05) is 59.6 Å². The third kappa shape index (κ3) is 3.05. The molecule has 7 heteroatoms. The summed E-state index contributed by atoms with van der Waals surface area (Å²) in [6, 6.07) is 11.7. The minimum atomic E-state index is -0.0294. The van der Waals surface area contributed by atoms with Crippen LogP contribution in [0.5, 0.6) is 0 Å². The molecule has 0 radical (unpaired) electrons. The van der Waals surface area contributed by atoms with Gasteiger partial charge in [-0.3, -0.25) is 9.78 Å². The second-order valence-electron chi connectivity index (χ2n) is 7.11. The van der Waals surface area contributed by atoms with Gasteiger partial charge in [-0.1, -0.05) is 0 Å². The number of hydrogen-bond donors (Lipinski definition) is 2. The number of aromatic nitrogens is 5. The fraction of sp³-hybridized carbons (Fsp3) is 0.238. The average Bonchev–Trinajstić information content (AvgIpc) is 3.32. The number of carbonyl (C=O) groups excluding carboxylic acids is 1. The molecule has 1 aliphatic heterocycles. The largest absolute Gasteiger partial charge is 0.361 e. The summed E-state index contributed by atoms with van der Waals surface area (Å²) in [5.74, 6) is 1.77. The topological polar surface area (TPSA) is 88.5 Å². The lowest BCUT2D eigenvalue weighted by atomic mass is 10.1. The zero-order valence-electron chi connectivity index (χ0n) is 15.3. The van der Waals surface area contributed by atoms with Gasteiger partial charge in [0.1, 0.15) is 5.82 Å². The lowest BCUT2D eigenvalue weighted by Gasteiger charge is -2.16. The van der Waals surface area contributed by atoms with Crippen molar-refractivity contribution >= 4 is 16.8 Å². The molecule has 2 N–H and O–H groups in total. The summed E-state index contributed by atoms with van der Waals surface area (Å²) in [6.45, 7) is 0.772. The molecule has 3 aromatic heterocycles. The monoisotopic (exact) mass is 372 g/mol. The Kier molecular flexibility index (Phi) is 4.12. The molecule has 1 aliphatic rings. The Balaban J connectivity index is 1.31. The molecule has 1 amide bonds. The van der Waals surface area contributed by atoms with Crippen LogP contribution in [-0.4, -0.2) is 36.7 Å². The minimum Gasteiger partial charge on any atom is -0.361 e. The summed E-state index contributed by atoms with van der Waals surface area (Å²) in [5, 5.41) is 12.9. The maximum atomic E-state index is 12.7. The Labute approximate surface area is 161 Å². The van der Waals surface area contributed by atoms with Crippen LogP contribution >= 0.6 is 0 Å². The van der Waals surface area contributed by atoms with E-state index in [1.807, 2.05) is 42.6 Å². The Morgan fingerprint density at radius 1 is 1.18 bits per heavy atom. The molecule has 0 aliphatic carbocycles. The van der Waals surface area contributed by atoms with Crippen LogP contribution in [0.15, 0.2) is 55.0 Å². The first-order valence-corrected chi connectivity index (χ1v) is 9.48.